The Balaban J connectivity index is 1.45. The summed E-state index contributed by atoms with van der Waals surface area (Å²) < 4.78 is 6.38. The van der Waals surface area contributed by atoms with Crippen molar-refractivity contribution in [2.24, 2.45) is 5.18 Å². The van der Waals surface area contributed by atoms with Crippen molar-refractivity contribution in [3.05, 3.63) is 53.1 Å². The summed E-state index contributed by atoms with van der Waals surface area (Å²) in [6.45, 7) is 0. The Hall–Kier alpha value is -3.02. The Morgan fingerprint density at radius 2 is 1.82 bits per heavy atom. The van der Waals surface area contributed by atoms with Crippen LogP contribution in [0.3, 0.4) is 0 Å². The van der Waals surface area contributed by atoms with Crippen LogP contribution in [0.15, 0.2) is 47.8 Å². The molecule has 0 amide bonds. The third kappa shape index (κ3) is 3.54. The molecule has 0 atom stereocenters. The molecule has 0 saturated heterocycles. The Morgan fingerprint density at radius 1 is 1.04 bits per heavy atom. The summed E-state index contributed by atoms with van der Waals surface area (Å²) >= 11 is 0. The fourth-order valence-corrected chi connectivity index (χ4v) is 3.87. The van der Waals surface area contributed by atoms with Gasteiger partial charge in [0.2, 0.25) is 5.95 Å². The van der Waals surface area contributed by atoms with Gasteiger partial charge >= 0.3 is 0 Å². The van der Waals surface area contributed by atoms with E-state index in [0.717, 1.165) is 35.2 Å². The fraction of sp³-hybridized carbons (Fsp3) is 0.364. The predicted molar refractivity (Wildman–Crippen MR) is 110 cm³/mol. The maximum Gasteiger partial charge on any atom is 0.227 e. The minimum Gasteiger partial charge on any atom is -0.490 e. The Morgan fingerprint density at radius 3 is 2.54 bits per heavy atom. The Kier molecular flexibility index (Phi) is 4.39. The zero-order valence-corrected chi connectivity index (χ0v) is 15.6. The predicted octanol–water partition coefficient (Wildman–Crippen LogP) is 5.97. The second kappa shape index (κ2) is 7.19. The average Bonchev–Trinajstić information content (AvgIpc) is 3.44. The van der Waals surface area contributed by atoms with E-state index >= 15 is 0 Å². The van der Waals surface area contributed by atoms with Crippen LogP contribution in [0.4, 0.5) is 17.3 Å². The van der Waals surface area contributed by atoms with Crippen LogP contribution in [0.5, 0.6) is 5.75 Å². The molecule has 3 aromatic rings. The quantitative estimate of drug-likeness (QED) is 0.538. The Labute approximate surface area is 163 Å². The van der Waals surface area contributed by atoms with E-state index in [-0.39, 0.29) is 0 Å². The van der Waals surface area contributed by atoms with Crippen molar-refractivity contribution in [2.45, 2.75) is 50.5 Å². The summed E-state index contributed by atoms with van der Waals surface area (Å²) in [7, 11) is 0. The highest BCUT2D eigenvalue weighted by molar-refractivity contribution is 5.82. The molecule has 2 aliphatic rings. The van der Waals surface area contributed by atoms with Crippen LogP contribution in [0.25, 0.3) is 10.9 Å². The molecule has 2 saturated carbocycles. The number of fused-ring (bicyclic) bond motifs is 1. The lowest BCUT2D eigenvalue weighted by Gasteiger charge is -2.17. The summed E-state index contributed by atoms with van der Waals surface area (Å²) in [4.78, 5) is 19.7. The standard InChI is InChI=1S/C22H22N4O2/c27-26-17-9-7-16(8-10-17)24-22-23-13-15-11-19(14-5-6-14)21(12-20(15)25-22)28-18-3-1-2-4-18/h7-14,18H,1-6H2,(H,23,24,25). The van der Waals surface area contributed by atoms with Crippen LogP contribution in [-0.2, 0) is 0 Å². The van der Waals surface area contributed by atoms with E-state index in [1.807, 2.05) is 6.20 Å². The van der Waals surface area contributed by atoms with Crippen LogP contribution in [-0.4, -0.2) is 16.1 Å². The highest BCUT2D eigenvalue weighted by Crippen LogP contribution is 2.46. The summed E-state index contributed by atoms with van der Waals surface area (Å²) in [5, 5.41) is 7.13. The van der Waals surface area contributed by atoms with Crippen molar-refractivity contribution < 1.29 is 4.74 Å². The number of hydrogen-bond donors (Lipinski definition) is 1. The number of nitrogens with one attached hydrogen (secondary N) is 1. The normalized spacial score (nSPS) is 17.0. The van der Waals surface area contributed by atoms with Gasteiger partial charge in [0.05, 0.1) is 11.6 Å². The van der Waals surface area contributed by atoms with Gasteiger partial charge < -0.3 is 10.1 Å². The first-order chi connectivity index (χ1) is 13.8. The molecule has 0 unspecified atom stereocenters. The number of anilines is 2. The van der Waals surface area contributed by atoms with Crippen LogP contribution in [0.2, 0.25) is 0 Å². The van der Waals surface area contributed by atoms with E-state index in [4.69, 9.17) is 4.74 Å². The largest absolute Gasteiger partial charge is 0.490 e. The van der Waals surface area contributed by atoms with E-state index in [1.165, 1.54) is 31.2 Å². The zero-order valence-electron chi connectivity index (χ0n) is 15.6. The second-order valence-corrected chi connectivity index (χ2v) is 7.70. The minimum atomic E-state index is 0.333. The molecule has 28 heavy (non-hydrogen) atoms. The molecule has 1 N–H and O–H groups in total. The van der Waals surface area contributed by atoms with E-state index in [1.54, 1.807) is 24.3 Å². The third-order valence-corrected chi connectivity index (χ3v) is 5.55. The van der Waals surface area contributed by atoms with Gasteiger partial charge in [-0.15, -0.1) is 4.91 Å². The van der Waals surface area contributed by atoms with Crippen molar-refractivity contribution in [2.75, 3.05) is 5.32 Å². The third-order valence-electron chi connectivity index (χ3n) is 5.55. The van der Waals surface area contributed by atoms with E-state index in [9.17, 15) is 4.91 Å². The molecule has 2 aliphatic carbocycles. The van der Waals surface area contributed by atoms with Gasteiger partial charge in [-0.25, -0.2) is 9.97 Å². The van der Waals surface area contributed by atoms with Gasteiger partial charge in [0.15, 0.2) is 0 Å². The second-order valence-electron chi connectivity index (χ2n) is 7.70. The lowest BCUT2D eigenvalue weighted by Crippen LogP contribution is -2.12. The summed E-state index contributed by atoms with van der Waals surface area (Å²) in [5.41, 5.74) is 3.39. The Bertz CT molecular complexity index is 1010. The van der Waals surface area contributed by atoms with Gasteiger partial charge in [0.1, 0.15) is 11.4 Å². The monoisotopic (exact) mass is 374 g/mol. The van der Waals surface area contributed by atoms with Gasteiger partial charge in [-0.3, -0.25) is 0 Å². The average molecular weight is 374 g/mol. The van der Waals surface area contributed by atoms with E-state index in [0.29, 0.717) is 23.7 Å². The molecule has 6 nitrogen and oxygen atoms in total. The molecule has 0 aliphatic heterocycles. The van der Waals surface area contributed by atoms with E-state index < -0.39 is 0 Å². The molecule has 5 rings (SSSR count). The molecule has 1 aromatic heterocycles. The summed E-state index contributed by atoms with van der Waals surface area (Å²) in [6, 6.07) is 11.2. The van der Waals surface area contributed by atoms with Crippen LogP contribution >= 0.6 is 0 Å². The molecule has 0 radical (unpaired) electrons. The van der Waals surface area contributed by atoms with Crippen molar-refractivity contribution in [3.63, 3.8) is 0 Å². The smallest absolute Gasteiger partial charge is 0.227 e. The molecule has 0 bridgehead atoms. The van der Waals surface area contributed by atoms with Gasteiger partial charge in [0.25, 0.3) is 0 Å². The van der Waals surface area contributed by atoms with Crippen LogP contribution < -0.4 is 10.1 Å². The lowest BCUT2D eigenvalue weighted by molar-refractivity contribution is 0.208. The topological polar surface area (TPSA) is 76.5 Å². The van der Waals surface area contributed by atoms with Gasteiger partial charge in [-0.2, -0.15) is 0 Å². The zero-order chi connectivity index (χ0) is 18.9. The molecule has 142 valence electrons. The molecular weight excluding hydrogens is 352 g/mol. The van der Waals surface area contributed by atoms with E-state index in [2.05, 4.69) is 32.6 Å². The molecule has 2 fully saturated rings. The van der Waals surface area contributed by atoms with Crippen molar-refractivity contribution in [3.8, 4) is 5.75 Å². The number of benzene rings is 2. The minimum absolute atomic E-state index is 0.333. The van der Waals surface area contributed by atoms with Crippen LogP contribution in [0, 0.1) is 4.91 Å². The van der Waals surface area contributed by atoms with Gasteiger partial charge in [-0.1, -0.05) is 0 Å². The number of nitroso groups, excluding NO2 is 1. The number of ether oxygens (including phenoxy) is 1. The molecule has 6 heteroatoms. The highest BCUT2D eigenvalue weighted by atomic mass is 16.5. The maximum atomic E-state index is 10.6. The summed E-state index contributed by atoms with van der Waals surface area (Å²) in [5.74, 6) is 2.13. The molecule has 0 spiro atoms. The molecular formula is C22H22N4O2. The SMILES string of the molecule is O=Nc1ccc(Nc2ncc3cc(C4CC4)c(OC4CCCC4)cc3n2)cc1. The van der Waals surface area contributed by atoms with Gasteiger partial charge in [0, 0.05) is 23.3 Å². The first kappa shape index (κ1) is 17.1. The highest BCUT2D eigenvalue weighted by Gasteiger charge is 2.29. The first-order valence-corrected chi connectivity index (χ1v) is 9.96. The van der Waals surface area contributed by atoms with Crippen molar-refractivity contribution in [1.29, 1.82) is 0 Å². The van der Waals surface area contributed by atoms with Crippen molar-refractivity contribution >= 4 is 28.2 Å². The first-order valence-electron chi connectivity index (χ1n) is 9.96. The maximum absolute atomic E-state index is 10.6. The van der Waals surface area contributed by atoms with Gasteiger partial charge in [-0.05, 0) is 85.5 Å². The van der Waals surface area contributed by atoms with Crippen molar-refractivity contribution in [1.82, 2.24) is 9.97 Å². The fourth-order valence-electron chi connectivity index (χ4n) is 3.87. The van der Waals surface area contributed by atoms with Crippen LogP contribution in [0.1, 0.15) is 50.0 Å². The number of nitrogens with zero attached hydrogens (tertiary/aromatic N) is 3. The number of hydrogen-bond acceptors (Lipinski definition) is 6. The molecule has 2 aromatic carbocycles. The number of rotatable bonds is 6. The summed E-state index contributed by atoms with van der Waals surface area (Å²) in [6.07, 6.45) is 9.46. The molecule has 1 heterocycles. The lowest BCUT2D eigenvalue weighted by atomic mass is 10.1. The number of aromatic nitrogens is 2.